The Kier molecular flexibility index (Phi) is 4.17. The second-order valence-corrected chi connectivity index (χ2v) is 5.79. The zero-order valence-corrected chi connectivity index (χ0v) is 13.3. The van der Waals surface area contributed by atoms with Crippen molar-refractivity contribution in [2.24, 2.45) is 0 Å². The average molecular weight is 372 g/mol. The highest BCUT2D eigenvalue weighted by atomic mass is 19.4. The van der Waals surface area contributed by atoms with E-state index in [2.05, 4.69) is 10.2 Å². The average Bonchev–Trinajstić information content (AvgIpc) is 2.92. The summed E-state index contributed by atoms with van der Waals surface area (Å²) in [5, 5.41) is 17.0. The number of alkyl halides is 3. The van der Waals surface area contributed by atoms with Crippen LogP contribution in [0.15, 0.2) is 18.2 Å². The second-order valence-electron chi connectivity index (χ2n) is 5.79. The van der Waals surface area contributed by atoms with Crippen LogP contribution in [0.5, 0.6) is 0 Å². The van der Waals surface area contributed by atoms with Crippen LogP contribution in [0.3, 0.4) is 0 Å². The first-order chi connectivity index (χ1) is 12.1. The lowest BCUT2D eigenvalue weighted by molar-refractivity contribution is -0.144. The molecule has 0 saturated heterocycles. The van der Waals surface area contributed by atoms with E-state index in [1.54, 1.807) is 6.92 Å². The molecule has 3 rings (SSSR count). The molecule has 1 atom stereocenters. The monoisotopic (exact) mass is 372 g/mol. The van der Waals surface area contributed by atoms with Crippen molar-refractivity contribution in [2.75, 3.05) is 0 Å². The molecule has 1 aliphatic heterocycles. The number of carboxylic acids is 1. The van der Waals surface area contributed by atoms with E-state index in [1.165, 1.54) is 4.57 Å². The fraction of sp³-hybridized carbons (Fsp3) is 0.333. The van der Waals surface area contributed by atoms with Gasteiger partial charge in [0.15, 0.2) is 5.82 Å². The molecule has 26 heavy (non-hydrogen) atoms. The molecule has 0 saturated carbocycles. The van der Waals surface area contributed by atoms with Crippen molar-refractivity contribution in [1.82, 2.24) is 19.7 Å². The third-order valence-corrected chi connectivity index (χ3v) is 4.07. The predicted molar refractivity (Wildman–Crippen MR) is 77.5 cm³/mol. The van der Waals surface area contributed by atoms with Gasteiger partial charge in [-0.15, -0.1) is 10.2 Å². The number of halogens is 4. The van der Waals surface area contributed by atoms with Gasteiger partial charge in [-0.1, -0.05) is 0 Å². The molecule has 0 aliphatic carbocycles. The van der Waals surface area contributed by atoms with Crippen LogP contribution in [0.25, 0.3) is 0 Å². The van der Waals surface area contributed by atoms with Gasteiger partial charge >= 0.3 is 12.1 Å². The first-order valence-corrected chi connectivity index (χ1v) is 7.38. The summed E-state index contributed by atoms with van der Waals surface area (Å²) in [4.78, 5) is 25.0. The maximum Gasteiger partial charge on any atom is 0.416 e. The van der Waals surface area contributed by atoms with Gasteiger partial charge in [-0.25, -0.2) is 9.18 Å². The zero-order valence-electron chi connectivity index (χ0n) is 13.3. The van der Waals surface area contributed by atoms with Gasteiger partial charge in [0.2, 0.25) is 0 Å². The maximum atomic E-state index is 13.6. The SMILES string of the molecule is Cc1nnc2n1CC(C(=O)O)N(C(=O)c1cc(F)cc(C(F)(F)F)c1)C2. The predicted octanol–water partition coefficient (Wildman–Crippen LogP) is 1.85. The van der Waals surface area contributed by atoms with Crippen LogP contribution in [-0.4, -0.2) is 42.7 Å². The van der Waals surface area contributed by atoms with Crippen molar-refractivity contribution in [3.63, 3.8) is 0 Å². The van der Waals surface area contributed by atoms with Crippen molar-refractivity contribution in [1.29, 1.82) is 0 Å². The fourth-order valence-electron chi connectivity index (χ4n) is 2.78. The molecule has 0 fully saturated rings. The van der Waals surface area contributed by atoms with Gasteiger partial charge in [0.1, 0.15) is 17.7 Å². The number of fused-ring (bicyclic) bond motifs is 1. The molecule has 7 nitrogen and oxygen atoms in total. The number of rotatable bonds is 2. The summed E-state index contributed by atoms with van der Waals surface area (Å²) < 4.78 is 53.6. The zero-order chi connectivity index (χ0) is 19.2. The number of carbonyl (C=O) groups excluding carboxylic acids is 1. The molecule has 1 aliphatic rings. The third kappa shape index (κ3) is 3.11. The number of hydrogen-bond acceptors (Lipinski definition) is 4. The van der Waals surface area contributed by atoms with E-state index in [1.807, 2.05) is 0 Å². The van der Waals surface area contributed by atoms with Crippen LogP contribution in [0, 0.1) is 12.7 Å². The van der Waals surface area contributed by atoms with Crippen molar-refractivity contribution in [3.8, 4) is 0 Å². The molecule has 1 amide bonds. The molecule has 2 aromatic rings. The van der Waals surface area contributed by atoms with Crippen LogP contribution in [-0.2, 0) is 24.1 Å². The number of carbonyl (C=O) groups is 2. The van der Waals surface area contributed by atoms with Gasteiger partial charge in [-0.3, -0.25) is 4.79 Å². The Bertz CT molecular complexity index is 894. The topological polar surface area (TPSA) is 88.3 Å². The Morgan fingerprint density at radius 1 is 1.23 bits per heavy atom. The number of aromatic nitrogens is 3. The number of aliphatic carboxylic acids is 1. The first kappa shape index (κ1) is 17.8. The molecule has 1 aromatic carbocycles. The highest BCUT2D eigenvalue weighted by Gasteiger charge is 2.38. The Morgan fingerprint density at radius 3 is 2.54 bits per heavy atom. The summed E-state index contributed by atoms with van der Waals surface area (Å²) in [6.07, 6.45) is -4.84. The van der Waals surface area contributed by atoms with Crippen molar-refractivity contribution in [2.45, 2.75) is 32.2 Å². The minimum Gasteiger partial charge on any atom is -0.480 e. The van der Waals surface area contributed by atoms with E-state index < -0.39 is 41.0 Å². The number of aryl methyl sites for hydroxylation is 1. The minimum atomic E-state index is -4.84. The number of benzene rings is 1. The summed E-state index contributed by atoms with van der Waals surface area (Å²) in [6.45, 7) is 1.18. The molecule has 2 heterocycles. The molecular weight excluding hydrogens is 360 g/mol. The number of amides is 1. The summed E-state index contributed by atoms with van der Waals surface area (Å²) in [6, 6.07) is 0.0553. The molecule has 1 aromatic heterocycles. The van der Waals surface area contributed by atoms with Crippen molar-refractivity contribution < 1.29 is 32.3 Å². The quantitative estimate of drug-likeness (QED) is 0.813. The van der Waals surface area contributed by atoms with E-state index in [-0.39, 0.29) is 19.2 Å². The van der Waals surface area contributed by atoms with E-state index in [0.717, 1.165) is 4.90 Å². The second kappa shape index (κ2) is 6.07. The summed E-state index contributed by atoms with van der Waals surface area (Å²) in [5.74, 6) is -2.88. The van der Waals surface area contributed by atoms with Gasteiger partial charge < -0.3 is 14.6 Å². The lowest BCUT2D eigenvalue weighted by Gasteiger charge is -2.33. The maximum absolute atomic E-state index is 13.6. The number of carboxylic acid groups (broad SMARTS) is 1. The third-order valence-electron chi connectivity index (χ3n) is 4.07. The number of nitrogens with zero attached hydrogens (tertiary/aromatic N) is 4. The van der Waals surface area contributed by atoms with Crippen LogP contribution in [0.2, 0.25) is 0 Å². The van der Waals surface area contributed by atoms with E-state index >= 15 is 0 Å². The standard InChI is InChI=1S/C15H12F4N4O3/c1-7-20-21-12-6-23(11(14(25)26)5-22(7)12)13(24)8-2-9(15(17,18)19)4-10(16)3-8/h2-4,11H,5-6H2,1H3,(H,25,26). The molecule has 1 unspecified atom stereocenters. The Morgan fingerprint density at radius 2 is 1.92 bits per heavy atom. The van der Waals surface area contributed by atoms with E-state index in [0.29, 0.717) is 23.8 Å². The van der Waals surface area contributed by atoms with Crippen LogP contribution < -0.4 is 0 Å². The molecule has 0 radical (unpaired) electrons. The molecule has 1 N–H and O–H groups in total. The van der Waals surface area contributed by atoms with Gasteiger partial charge in [-0.05, 0) is 25.1 Å². The molecule has 11 heteroatoms. The lowest BCUT2D eigenvalue weighted by atomic mass is 10.1. The molecule has 138 valence electrons. The molecule has 0 spiro atoms. The van der Waals surface area contributed by atoms with Gasteiger partial charge in [0.05, 0.1) is 18.7 Å². The highest BCUT2D eigenvalue weighted by molar-refractivity contribution is 5.97. The number of hydrogen-bond donors (Lipinski definition) is 1. The van der Waals surface area contributed by atoms with Crippen LogP contribution in [0.1, 0.15) is 27.6 Å². The van der Waals surface area contributed by atoms with E-state index in [4.69, 9.17) is 0 Å². The Balaban J connectivity index is 2.01. The Hall–Kier alpha value is -2.98. The summed E-state index contributed by atoms with van der Waals surface area (Å²) in [5.41, 5.74) is -1.92. The fourth-order valence-corrected chi connectivity index (χ4v) is 2.78. The van der Waals surface area contributed by atoms with Gasteiger partial charge in [0.25, 0.3) is 5.91 Å². The van der Waals surface area contributed by atoms with E-state index in [9.17, 15) is 32.3 Å². The highest BCUT2D eigenvalue weighted by Crippen LogP contribution is 2.31. The summed E-state index contributed by atoms with van der Waals surface area (Å²) in [7, 11) is 0. The molecule has 0 bridgehead atoms. The van der Waals surface area contributed by atoms with Crippen LogP contribution in [0.4, 0.5) is 17.6 Å². The minimum absolute atomic E-state index is 0.156. The normalized spacial score (nSPS) is 17.1. The van der Waals surface area contributed by atoms with Crippen molar-refractivity contribution >= 4 is 11.9 Å². The van der Waals surface area contributed by atoms with Crippen LogP contribution >= 0.6 is 0 Å². The van der Waals surface area contributed by atoms with Gasteiger partial charge in [-0.2, -0.15) is 13.2 Å². The Labute approximate surface area is 143 Å². The first-order valence-electron chi connectivity index (χ1n) is 7.38. The van der Waals surface area contributed by atoms with Crippen molar-refractivity contribution in [3.05, 3.63) is 46.8 Å². The largest absolute Gasteiger partial charge is 0.480 e. The summed E-state index contributed by atoms with van der Waals surface area (Å²) >= 11 is 0. The smallest absolute Gasteiger partial charge is 0.416 e. The van der Waals surface area contributed by atoms with Gasteiger partial charge in [0, 0.05) is 5.56 Å². The lowest BCUT2D eigenvalue weighted by Crippen LogP contribution is -2.50. The molecular formula is C15H12F4N4O3.